The summed E-state index contributed by atoms with van der Waals surface area (Å²) in [6, 6.07) is 1.68. The largest absolute Gasteiger partial charge is 0.465 e. The monoisotopic (exact) mass is 256 g/mol. The van der Waals surface area contributed by atoms with Gasteiger partial charge in [-0.25, -0.2) is 9.18 Å². The highest BCUT2D eigenvalue weighted by Gasteiger charge is 2.22. The summed E-state index contributed by atoms with van der Waals surface area (Å²) in [4.78, 5) is 21.4. The van der Waals surface area contributed by atoms with Crippen LogP contribution in [0.1, 0.15) is 24.2 Å². The van der Waals surface area contributed by atoms with E-state index in [9.17, 15) is 19.3 Å². The van der Waals surface area contributed by atoms with Crippen molar-refractivity contribution in [2.45, 2.75) is 19.9 Å². The molecule has 0 heterocycles. The molecule has 0 saturated carbocycles. The maximum absolute atomic E-state index is 13.6. The van der Waals surface area contributed by atoms with Crippen LogP contribution in [0.25, 0.3) is 0 Å². The van der Waals surface area contributed by atoms with E-state index in [1.165, 1.54) is 0 Å². The molecule has 0 fully saturated rings. The second-order valence-corrected chi connectivity index (χ2v) is 3.90. The SMILES string of the molecule is COC(=O)c1cc([N+](=O)[O-])c(NC(C)C)cc1F. The van der Waals surface area contributed by atoms with Gasteiger partial charge in [-0.15, -0.1) is 0 Å². The third-order valence-corrected chi connectivity index (χ3v) is 2.13. The molecular weight excluding hydrogens is 243 g/mol. The summed E-state index contributed by atoms with van der Waals surface area (Å²) in [5.41, 5.74) is -0.802. The molecule has 0 radical (unpaired) electrons. The van der Waals surface area contributed by atoms with Gasteiger partial charge < -0.3 is 10.1 Å². The molecule has 0 aliphatic heterocycles. The number of methoxy groups -OCH3 is 1. The van der Waals surface area contributed by atoms with Crippen LogP contribution in [0.5, 0.6) is 0 Å². The van der Waals surface area contributed by atoms with E-state index >= 15 is 0 Å². The molecule has 0 aliphatic carbocycles. The number of anilines is 1. The molecule has 98 valence electrons. The Morgan fingerprint density at radius 1 is 1.50 bits per heavy atom. The molecule has 0 aliphatic rings. The fourth-order valence-corrected chi connectivity index (χ4v) is 1.41. The lowest BCUT2D eigenvalue weighted by atomic mass is 10.1. The molecule has 0 unspecified atom stereocenters. The fraction of sp³-hybridized carbons (Fsp3) is 0.364. The number of hydrogen-bond acceptors (Lipinski definition) is 5. The van der Waals surface area contributed by atoms with E-state index in [-0.39, 0.29) is 17.4 Å². The van der Waals surface area contributed by atoms with Gasteiger partial charge in [0.05, 0.1) is 12.0 Å². The molecule has 0 spiro atoms. The highest BCUT2D eigenvalue weighted by atomic mass is 19.1. The zero-order valence-electron chi connectivity index (χ0n) is 10.2. The average Bonchev–Trinajstić information content (AvgIpc) is 2.27. The van der Waals surface area contributed by atoms with Crippen LogP contribution < -0.4 is 5.32 Å². The number of nitro groups is 1. The van der Waals surface area contributed by atoms with Crippen LogP contribution >= 0.6 is 0 Å². The molecule has 1 N–H and O–H groups in total. The Bertz CT molecular complexity index is 488. The van der Waals surface area contributed by atoms with Crippen molar-refractivity contribution in [2.75, 3.05) is 12.4 Å². The first kappa shape index (κ1) is 13.9. The molecule has 1 aromatic rings. The van der Waals surface area contributed by atoms with Gasteiger partial charge >= 0.3 is 5.97 Å². The minimum Gasteiger partial charge on any atom is -0.465 e. The number of halogens is 1. The molecule has 7 heteroatoms. The lowest BCUT2D eigenvalue weighted by Gasteiger charge is -2.11. The van der Waals surface area contributed by atoms with E-state index in [1.807, 2.05) is 0 Å². The third-order valence-electron chi connectivity index (χ3n) is 2.13. The Kier molecular flexibility index (Phi) is 4.19. The highest BCUT2D eigenvalue weighted by molar-refractivity contribution is 5.91. The van der Waals surface area contributed by atoms with Crippen molar-refractivity contribution in [1.82, 2.24) is 0 Å². The van der Waals surface area contributed by atoms with Crippen molar-refractivity contribution in [3.63, 3.8) is 0 Å². The number of esters is 1. The van der Waals surface area contributed by atoms with Crippen LogP contribution in [0.4, 0.5) is 15.8 Å². The first-order chi connectivity index (χ1) is 8.36. The van der Waals surface area contributed by atoms with Gasteiger partial charge in [-0.3, -0.25) is 10.1 Å². The second kappa shape index (κ2) is 5.44. The van der Waals surface area contributed by atoms with E-state index < -0.39 is 22.3 Å². The fourth-order valence-electron chi connectivity index (χ4n) is 1.41. The highest BCUT2D eigenvalue weighted by Crippen LogP contribution is 2.28. The van der Waals surface area contributed by atoms with E-state index in [0.29, 0.717) is 0 Å². The summed E-state index contributed by atoms with van der Waals surface area (Å²) in [6.45, 7) is 3.52. The van der Waals surface area contributed by atoms with E-state index in [4.69, 9.17) is 0 Å². The van der Waals surface area contributed by atoms with Crippen molar-refractivity contribution in [3.8, 4) is 0 Å². The van der Waals surface area contributed by atoms with Crippen molar-refractivity contribution < 1.29 is 18.8 Å². The molecule has 6 nitrogen and oxygen atoms in total. The number of hydrogen-bond donors (Lipinski definition) is 1. The van der Waals surface area contributed by atoms with Crippen molar-refractivity contribution >= 4 is 17.3 Å². The number of benzene rings is 1. The van der Waals surface area contributed by atoms with E-state index in [1.54, 1.807) is 13.8 Å². The topological polar surface area (TPSA) is 81.5 Å². The average molecular weight is 256 g/mol. The predicted molar refractivity (Wildman–Crippen MR) is 63.2 cm³/mol. The van der Waals surface area contributed by atoms with Crippen LogP contribution in [0.2, 0.25) is 0 Å². The smallest absolute Gasteiger partial charge is 0.341 e. The molecule has 0 amide bonds. The van der Waals surface area contributed by atoms with Crippen molar-refractivity contribution in [3.05, 3.63) is 33.6 Å². The quantitative estimate of drug-likeness (QED) is 0.508. The van der Waals surface area contributed by atoms with Crippen molar-refractivity contribution in [2.24, 2.45) is 0 Å². The summed E-state index contributed by atoms with van der Waals surface area (Å²) < 4.78 is 18.0. The molecular formula is C11H13FN2O4. The molecule has 0 saturated heterocycles. The molecule has 18 heavy (non-hydrogen) atoms. The number of nitrogens with zero attached hydrogens (tertiary/aromatic N) is 1. The first-order valence-electron chi connectivity index (χ1n) is 5.19. The lowest BCUT2D eigenvalue weighted by Crippen LogP contribution is -2.13. The van der Waals surface area contributed by atoms with Gasteiger partial charge in [-0.2, -0.15) is 0 Å². The molecule has 1 aromatic carbocycles. The van der Waals surface area contributed by atoms with E-state index in [2.05, 4.69) is 10.1 Å². The Balaban J connectivity index is 3.34. The normalized spacial score (nSPS) is 10.3. The van der Waals surface area contributed by atoms with Crippen LogP contribution in [-0.4, -0.2) is 24.0 Å². The second-order valence-electron chi connectivity index (χ2n) is 3.90. The number of carbonyl (C=O) groups excluding carboxylic acids is 1. The van der Waals surface area contributed by atoms with Crippen LogP contribution in [-0.2, 0) is 4.74 Å². The molecule has 0 aromatic heterocycles. The Morgan fingerprint density at radius 2 is 2.11 bits per heavy atom. The van der Waals surface area contributed by atoms with Gasteiger partial charge in [0.25, 0.3) is 5.69 Å². The number of nitrogens with one attached hydrogen (secondary N) is 1. The summed E-state index contributed by atoms with van der Waals surface area (Å²) in [5.74, 6) is -1.82. The molecule has 1 rings (SSSR count). The minimum absolute atomic E-state index is 0.0279. The summed E-state index contributed by atoms with van der Waals surface area (Å²) in [5, 5.41) is 13.6. The Hall–Kier alpha value is -2.18. The van der Waals surface area contributed by atoms with E-state index in [0.717, 1.165) is 19.2 Å². The number of nitro benzene ring substituents is 1. The zero-order valence-corrected chi connectivity index (χ0v) is 10.2. The van der Waals surface area contributed by atoms with Gasteiger partial charge in [0.15, 0.2) is 0 Å². The first-order valence-corrected chi connectivity index (χ1v) is 5.19. The van der Waals surface area contributed by atoms with Gasteiger partial charge in [0.1, 0.15) is 17.1 Å². The predicted octanol–water partition coefficient (Wildman–Crippen LogP) is 2.34. The maximum Gasteiger partial charge on any atom is 0.341 e. The third kappa shape index (κ3) is 2.93. The number of ether oxygens (including phenoxy) is 1. The Morgan fingerprint density at radius 3 is 2.56 bits per heavy atom. The number of carbonyl (C=O) groups is 1. The van der Waals surface area contributed by atoms with Gasteiger partial charge in [0.2, 0.25) is 0 Å². The standard InChI is InChI=1S/C11H13FN2O4/c1-6(2)13-9-5-8(12)7(11(15)18-3)4-10(9)14(16)17/h4-6,13H,1-3H3. The summed E-state index contributed by atoms with van der Waals surface area (Å²) >= 11 is 0. The number of rotatable bonds is 4. The minimum atomic E-state index is -0.952. The van der Waals surface area contributed by atoms with Crippen LogP contribution in [0, 0.1) is 15.9 Å². The van der Waals surface area contributed by atoms with Crippen molar-refractivity contribution in [1.29, 1.82) is 0 Å². The van der Waals surface area contributed by atoms with Gasteiger partial charge in [0, 0.05) is 18.2 Å². The van der Waals surface area contributed by atoms with Gasteiger partial charge in [-0.1, -0.05) is 0 Å². The van der Waals surface area contributed by atoms with Crippen LogP contribution in [0.15, 0.2) is 12.1 Å². The summed E-state index contributed by atoms with van der Waals surface area (Å²) in [6.07, 6.45) is 0. The molecule has 0 atom stereocenters. The van der Waals surface area contributed by atoms with Crippen LogP contribution in [0.3, 0.4) is 0 Å². The maximum atomic E-state index is 13.6. The van der Waals surface area contributed by atoms with Gasteiger partial charge in [-0.05, 0) is 13.8 Å². The lowest BCUT2D eigenvalue weighted by molar-refractivity contribution is -0.384. The Labute approximate surface area is 103 Å². The molecule has 0 bridgehead atoms. The summed E-state index contributed by atoms with van der Waals surface area (Å²) in [7, 11) is 1.08. The zero-order chi connectivity index (χ0) is 13.9.